The normalized spacial score (nSPS) is 17.7. The van der Waals surface area contributed by atoms with E-state index in [0.717, 1.165) is 44.5 Å². The van der Waals surface area contributed by atoms with Gasteiger partial charge in [0, 0.05) is 44.5 Å². The van der Waals surface area contributed by atoms with Crippen molar-refractivity contribution in [3.05, 3.63) is 23.8 Å². The molecule has 5 nitrogen and oxygen atoms in total. The molecule has 3 rings (SSSR count). The van der Waals surface area contributed by atoms with Crippen LogP contribution in [0.5, 0.6) is 0 Å². The molecule has 1 saturated carbocycles. The van der Waals surface area contributed by atoms with Crippen molar-refractivity contribution in [3.8, 4) is 0 Å². The largest absolute Gasteiger partial charge is 0.377 e. The second-order valence-electron chi connectivity index (χ2n) is 6.74. The molecule has 1 aromatic carbocycles. The zero-order valence-corrected chi connectivity index (χ0v) is 14.0. The van der Waals surface area contributed by atoms with E-state index in [0.29, 0.717) is 11.3 Å². The van der Waals surface area contributed by atoms with Gasteiger partial charge in [0.25, 0.3) is 5.91 Å². The van der Waals surface area contributed by atoms with Gasteiger partial charge in [-0.15, -0.1) is 0 Å². The number of hydrogen-bond acceptors (Lipinski definition) is 3. The smallest absolute Gasteiger partial charge is 0.256 e. The average Bonchev–Trinajstić information content (AvgIpc) is 3.39. The lowest BCUT2D eigenvalue weighted by Crippen LogP contribution is -2.36. The molecule has 23 heavy (non-hydrogen) atoms. The Kier molecular flexibility index (Phi) is 4.55. The Morgan fingerprint density at radius 3 is 2.43 bits per heavy atom. The fraction of sp³-hybridized carbons (Fsp3) is 0.556. The number of nitrogens with one attached hydrogen (secondary N) is 1. The van der Waals surface area contributed by atoms with E-state index < -0.39 is 0 Å². The van der Waals surface area contributed by atoms with Crippen molar-refractivity contribution in [2.45, 2.75) is 32.1 Å². The molecule has 1 saturated heterocycles. The second-order valence-corrected chi connectivity index (χ2v) is 6.74. The zero-order valence-electron chi connectivity index (χ0n) is 14.0. The molecule has 1 aliphatic heterocycles. The molecule has 0 bridgehead atoms. The minimum absolute atomic E-state index is 0.0657. The van der Waals surface area contributed by atoms with Crippen LogP contribution >= 0.6 is 0 Å². The Balaban J connectivity index is 1.84. The van der Waals surface area contributed by atoms with E-state index in [1.165, 1.54) is 6.42 Å². The third-order valence-corrected chi connectivity index (χ3v) is 4.57. The van der Waals surface area contributed by atoms with Gasteiger partial charge >= 0.3 is 0 Å². The zero-order chi connectivity index (χ0) is 16.4. The van der Waals surface area contributed by atoms with Gasteiger partial charge < -0.3 is 15.1 Å². The van der Waals surface area contributed by atoms with Gasteiger partial charge in [-0.1, -0.05) is 0 Å². The molecule has 0 atom stereocenters. The number of hydrogen-bond donors (Lipinski definition) is 1. The van der Waals surface area contributed by atoms with Gasteiger partial charge in [0.05, 0.1) is 5.56 Å². The Hall–Kier alpha value is -2.04. The van der Waals surface area contributed by atoms with Crippen molar-refractivity contribution >= 4 is 23.2 Å². The van der Waals surface area contributed by atoms with Gasteiger partial charge in [0.2, 0.25) is 5.91 Å². The van der Waals surface area contributed by atoms with Crippen molar-refractivity contribution in [3.63, 3.8) is 0 Å². The Bertz CT molecular complexity index is 602. The molecule has 2 fully saturated rings. The standard InChI is InChI=1S/C18H25N3O2/c1-20(2)16-9-8-14(19-17(22)13-6-7-13)12-15(16)18(23)21-10-4-3-5-11-21/h8-9,12-13H,3-7,10-11H2,1-2H3,(H,19,22). The van der Waals surface area contributed by atoms with Crippen LogP contribution < -0.4 is 10.2 Å². The van der Waals surface area contributed by atoms with Gasteiger partial charge in [0.1, 0.15) is 0 Å². The Morgan fingerprint density at radius 2 is 1.83 bits per heavy atom. The summed E-state index contributed by atoms with van der Waals surface area (Å²) < 4.78 is 0. The van der Waals surface area contributed by atoms with E-state index in [1.54, 1.807) is 0 Å². The van der Waals surface area contributed by atoms with Crippen LogP contribution in [0, 0.1) is 5.92 Å². The third-order valence-electron chi connectivity index (χ3n) is 4.57. The highest BCUT2D eigenvalue weighted by atomic mass is 16.2. The number of amides is 2. The quantitative estimate of drug-likeness (QED) is 0.929. The van der Waals surface area contributed by atoms with E-state index >= 15 is 0 Å². The first-order chi connectivity index (χ1) is 11.1. The summed E-state index contributed by atoms with van der Waals surface area (Å²) in [6, 6.07) is 5.62. The van der Waals surface area contributed by atoms with Gasteiger partial charge in [-0.2, -0.15) is 0 Å². The number of rotatable bonds is 4. The molecule has 5 heteroatoms. The summed E-state index contributed by atoms with van der Waals surface area (Å²) in [7, 11) is 3.87. The van der Waals surface area contributed by atoms with E-state index in [2.05, 4.69) is 5.32 Å². The molecule has 2 aliphatic rings. The predicted octanol–water partition coefficient (Wildman–Crippen LogP) is 2.73. The molecule has 124 valence electrons. The molecule has 0 radical (unpaired) electrons. The number of anilines is 2. The maximum atomic E-state index is 12.9. The maximum Gasteiger partial charge on any atom is 0.256 e. The molecule has 1 N–H and O–H groups in total. The Morgan fingerprint density at radius 1 is 1.13 bits per heavy atom. The Labute approximate surface area is 137 Å². The van der Waals surface area contributed by atoms with Crippen molar-refractivity contribution in [2.75, 3.05) is 37.4 Å². The van der Waals surface area contributed by atoms with E-state index in [4.69, 9.17) is 0 Å². The monoisotopic (exact) mass is 315 g/mol. The first-order valence-electron chi connectivity index (χ1n) is 8.48. The van der Waals surface area contributed by atoms with Crippen LogP contribution in [0.1, 0.15) is 42.5 Å². The number of nitrogens with zero attached hydrogens (tertiary/aromatic N) is 2. The van der Waals surface area contributed by atoms with E-state index in [9.17, 15) is 9.59 Å². The van der Waals surface area contributed by atoms with Gasteiger partial charge in [-0.05, 0) is 50.3 Å². The highest BCUT2D eigenvalue weighted by Crippen LogP contribution is 2.31. The van der Waals surface area contributed by atoms with Crippen LogP contribution in [0.4, 0.5) is 11.4 Å². The van der Waals surface area contributed by atoms with Crippen LogP contribution in [-0.4, -0.2) is 43.9 Å². The van der Waals surface area contributed by atoms with Crippen molar-refractivity contribution in [1.82, 2.24) is 4.90 Å². The summed E-state index contributed by atoms with van der Waals surface area (Å²) in [6.07, 6.45) is 5.28. The van der Waals surface area contributed by atoms with Crippen molar-refractivity contribution < 1.29 is 9.59 Å². The number of benzene rings is 1. The fourth-order valence-corrected chi connectivity index (χ4v) is 3.03. The minimum Gasteiger partial charge on any atom is -0.377 e. The summed E-state index contributed by atoms with van der Waals surface area (Å²) >= 11 is 0. The van der Waals surface area contributed by atoms with Gasteiger partial charge in [-0.25, -0.2) is 0 Å². The topological polar surface area (TPSA) is 52.7 Å². The predicted molar refractivity (Wildman–Crippen MR) is 91.9 cm³/mol. The SMILES string of the molecule is CN(C)c1ccc(NC(=O)C2CC2)cc1C(=O)N1CCCCC1. The van der Waals surface area contributed by atoms with Crippen LogP contribution in [0.15, 0.2) is 18.2 Å². The summed E-state index contributed by atoms with van der Waals surface area (Å²) in [4.78, 5) is 28.7. The lowest BCUT2D eigenvalue weighted by atomic mass is 10.1. The average molecular weight is 315 g/mol. The van der Waals surface area contributed by atoms with Gasteiger partial charge in [0.15, 0.2) is 0 Å². The van der Waals surface area contributed by atoms with Crippen LogP contribution in [0.3, 0.4) is 0 Å². The summed E-state index contributed by atoms with van der Waals surface area (Å²) in [5.41, 5.74) is 2.28. The molecule has 1 aliphatic carbocycles. The molecular formula is C18H25N3O2. The van der Waals surface area contributed by atoms with E-state index in [1.807, 2.05) is 42.1 Å². The number of piperidine rings is 1. The molecular weight excluding hydrogens is 290 g/mol. The van der Waals surface area contributed by atoms with Crippen molar-refractivity contribution in [2.24, 2.45) is 5.92 Å². The van der Waals surface area contributed by atoms with Crippen LogP contribution in [0.2, 0.25) is 0 Å². The van der Waals surface area contributed by atoms with Crippen LogP contribution in [0.25, 0.3) is 0 Å². The highest BCUT2D eigenvalue weighted by Gasteiger charge is 2.30. The summed E-state index contributed by atoms with van der Waals surface area (Å²) in [5, 5.41) is 2.94. The molecule has 0 spiro atoms. The third kappa shape index (κ3) is 3.66. The first kappa shape index (κ1) is 15.8. The van der Waals surface area contributed by atoms with E-state index in [-0.39, 0.29) is 17.7 Å². The minimum atomic E-state index is 0.0657. The number of carbonyl (C=O) groups is 2. The summed E-state index contributed by atoms with van der Waals surface area (Å²) in [5.74, 6) is 0.291. The molecule has 1 heterocycles. The molecule has 2 amide bonds. The fourth-order valence-electron chi connectivity index (χ4n) is 3.03. The lowest BCUT2D eigenvalue weighted by Gasteiger charge is -2.28. The molecule has 1 aromatic rings. The maximum absolute atomic E-state index is 12.9. The van der Waals surface area contributed by atoms with Crippen molar-refractivity contribution in [1.29, 1.82) is 0 Å². The summed E-state index contributed by atoms with van der Waals surface area (Å²) in [6.45, 7) is 1.65. The number of likely N-dealkylation sites (tertiary alicyclic amines) is 1. The van der Waals surface area contributed by atoms with Gasteiger partial charge in [-0.3, -0.25) is 9.59 Å². The lowest BCUT2D eigenvalue weighted by molar-refractivity contribution is -0.117. The second kappa shape index (κ2) is 6.60. The molecule has 0 unspecified atom stereocenters. The number of carbonyl (C=O) groups excluding carboxylic acids is 2. The highest BCUT2D eigenvalue weighted by molar-refractivity contribution is 6.02. The van der Waals surface area contributed by atoms with Crippen LogP contribution in [-0.2, 0) is 4.79 Å². The first-order valence-corrected chi connectivity index (χ1v) is 8.48. The molecule has 0 aromatic heterocycles.